The number of amides is 1. The number of benzene rings is 2. The van der Waals surface area contributed by atoms with Crippen molar-refractivity contribution in [3.05, 3.63) is 54.1 Å². The molecule has 1 N–H and O–H groups in total. The second kappa shape index (κ2) is 10.3. The number of nitrogens with zero attached hydrogens (tertiary/aromatic N) is 5. The van der Waals surface area contributed by atoms with Gasteiger partial charge in [-0.25, -0.2) is 0 Å². The first-order valence-electron chi connectivity index (χ1n) is 10.6. The van der Waals surface area contributed by atoms with Crippen LogP contribution in [0.5, 0.6) is 5.75 Å². The maximum Gasteiger partial charge on any atom is 0.296 e. The molecule has 0 aliphatic carbocycles. The summed E-state index contributed by atoms with van der Waals surface area (Å²) in [6, 6.07) is 15.2. The van der Waals surface area contributed by atoms with Gasteiger partial charge in [-0.2, -0.15) is 4.98 Å². The van der Waals surface area contributed by atoms with Crippen molar-refractivity contribution in [2.24, 2.45) is 0 Å². The van der Waals surface area contributed by atoms with E-state index < -0.39 is 0 Å². The van der Waals surface area contributed by atoms with Crippen LogP contribution >= 0.6 is 11.8 Å². The van der Waals surface area contributed by atoms with Gasteiger partial charge in [-0.1, -0.05) is 52.8 Å². The van der Waals surface area contributed by atoms with E-state index in [1.807, 2.05) is 73.9 Å². The van der Waals surface area contributed by atoms with E-state index in [1.54, 1.807) is 0 Å². The lowest BCUT2D eigenvalue weighted by Gasteiger charge is -2.11. The molecule has 0 saturated heterocycles. The van der Waals surface area contributed by atoms with Crippen LogP contribution < -0.4 is 10.1 Å². The standard InChI is InChI=1S/C23H24N6O3S/c1-4-29-21(22-25-20(28-32-22)16-10-8-9-15(3)13-16)26-27-23(29)33-14-19(30)24-17-11-6-7-12-18(17)31-5-2/h6-13H,4-5,14H2,1-3H3,(H,24,30). The van der Waals surface area contributed by atoms with Crippen molar-refractivity contribution in [2.75, 3.05) is 17.7 Å². The van der Waals surface area contributed by atoms with E-state index in [-0.39, 0.29) is 17.6 Å². The Morgan fingerprint density at radius 2 is 2.00 bits per heavy atom. The zero-order valence-corrected chi connectivity index (χ0v) is 19.4. The van der Waals surface area contributed by atoms with Gasteiger partial charge in [-0.3, -0.25) is 9.36 Å². The number of aryl methyl sites for hydroxylation is 1. The van der Waals surface area contributed by atoms with Gasteiger partial charge in [0.05, 0.1) is 18.0 Å². The van der Waals surface area contributed by atoms with Crippen molar-refractivity contribution < 1.29 is 14.1 Å². The molecule has 0 spiro atoms. The molecule has 0 atom stereocenters. The molecular weight excluding hydrogens is 440 g/mol. The lowest BCUT2D eigenvalue weighted by molar-refractivity contribution is -0.113. The number of anilines is 1. The van der Waals surface area contributed by atoms with Gasteiger partial charge in [0.1, 0.15) is 5.75 Å². The molecular formula is C23H24N6O3S. The normalized spacial score (nSPS) is 10.9. The van der Waals surface area contributed by atoms with Crippen molar-refractivity contribution >= 4 is 23.4 Å². The monoisotopic (exact) mass is 464 g/mol. The predicted octanol–water partition coefficient (Wildman–Crippen LogP) is 4.45. The van der Waals surface area contributed by atoms with Crippen molar-refractivity contribution in [2.45, 2.75) is 32.5 Å². The molecule has 0 bridgehead atoms. The third-order valence-electron chi connectivity index (χ3n) is 4.72. The largest absolute Gasteiger partial charge is 0.492 e. The van der Waals surface area contributed by atoms with Crippen molar-refractivity contribution in [3.8, 4) is 28.9 Å². The Labute approximate surface area is 195 Å². The minimum Gasteiger partial charge on any atom is -0.492 e. The molecule has 2 heterocycles. The summed E-state index contributed by atoms with van der Waals surface area (Å²) in [6.45, 7) is 6.98. The highest BCUT2D eigenvalue weighted by molar-refractivity contribution is 7.99. The highest BCUT2D eigenvalue weighted by Crippen LogP contribution is 2.27. The second-order valence-corrected chi connectivity index (χ2v) is 8.05. The van der Waals surface area contributed by atoms with Crippen molar-refractivity contribution in [1.29, 1.82) is 0 Å². The third kappa shape index (κ3) is 5.23. The van der Waals surface area contributed by atoms with E-state index >= 15 is 0 Å². The smallest absolute Gasteiger partial charge is 0.296 e. The molecule has 0 aliphatic heterocycles. The van der Waals surface area contributed by atoms with Gasteiger partial charge in [-0.05, 0) is 39.0 Å². The number of rotatable bonds is 9. The quantitative estimate of drug-likeness (QED) is 0.362. The van der Waals surface area contributed by atoms with E-state index in [9.17, 15) is 4.79 Å². The first kappa shape index (κ1) is 22.5. The Balaban J connectivity index is 1.46. The average Bonchev–Trinajstić information content (AvgIpc) is 3.46. The summed E-state index contributed by atoms with van der Waals surface area (Å²) >= 11 is 1.29. The van der Waals surface area contributed by atoms with E-state index in [4.69, 9.17) is 9.26 Å². The number of carbonyl (C=O) groups excluding carboxylic acids is 1. The maximum absolute atomic E-state index is 12.5. The molecule has 4 rings (SSSR count). The molecule has 2 aromatic carbocycles. The zero-order valence-electron chi connectivity index (χ0n) is 18.6. The zero-order chi connectivity index (χ0) is 23.2. The fourth-order valence-electron chi connectivity index (χ4n) is 3.22. The first-order chi connectivity index (χ1) is 16.1. The van der Waals surface area contributed by atoms with Gasteiger partial charge >= 0.3 is 0 Å². The van der Waals surface area contributed by atoms with E-state index in [0.717, 1.165) is 11.1 Å². The molecule has 0 fully saturated rings. The molecule has 1 amide bonds. The number of nitrogens with one attached hydrogen (secondary N) is 1. The van der Waals surface area contributed by atoms with Crippen molar-refractivity contribution in [3.63, 3.8) is 0 Å². The molecule has 0 radical (unpaired) electrons. The molecule has 4 aromatic rings. The summed E-state index contributed by atoms with van der Waals surface area (Å²) in [6.07, 6.45) is 0. The van der Waals surface area contributed by atoms with Gasteiger partial charge in [0.25, 0.3) is 5.89 Å². The summed E-state index contributed by atoms with van der Waals surface area (Å²) in [5.41, 5.74) is 2.61. The van der Waals surface area contributed by atoms with E-state index in [2.05, 4.69) is 25.7 Å². The van der Waals surface area contributed by atoms with Crippen LogP contribution in [0.2, 0.25) is 0 Å². The summed E-state index contributed by atoms with van der Waals surface area (Å²) in [5, 5.41) is 16.0. The third-order valence-corrected chi connectivity index (χ3v) is 5.69. The fourth-order valence-corrected chi connectivity index (χ4v) is 4.02. The topological polar surface area (TPSA) is 108 Å². The van der Waals surface area contributed by atoms with Gasteiger partial charge < -0.3 is 14.6 Å². The Morgan fingerprint density at radius 1 is 1.15 bits per heavy atom. The molecule has 0 unspecified atom stereocenters. The van der Waals surface area contributed by atoms with Crippen LogP contribution in [0.25, 0.3) is 23.1 Å². The second-order valence-electron chi connectivity index (χ2n) is 7.11. The lowest BCUT2D eigenvalue weighted by atomic mass is 10.1. The highest BCUT2D eigenvalue weighted by Gasteiger charge is 2.20. The number of ether oxygens (including phenoxy) is 1. The van der Waals surface area contributed by atoms with Crippen LogP contribution in [-0.2, 0) is 11.3 Å². The van der Waals surface area contributed by atoms with Crippen LogP contribution in [0.4, 0.5) is 5.69 Å². The van der Waals surface area contributed by atoms with Crippen LogP contribution in [0.15, 0.2) is 58.2 Å². The predicted molar refractivity (Wildman–Crippen MR) is 126 cm³/mol. The molecule has 2 aromatic heterocycles. The van der Waals surface area contributed by atoms with Crippen LogP contribution in [0.1, 0.15) is 19.4 Å². The van der Waals surface area contributed by atoms with Gasteiger partial charge in [0.2, 0.25) is 17.6 Å². The number of carbonyl (C=O) groups is 1. The maximum atomic E-state index is 12.5. The number of para-hydroxylation sites is 2. The van der Waals surface area contributed by atoms with Crippen LogP contribution in [0, 0.1) is 6.92 Å². The molecule has 9 nitrogen and oxygen atoms in total. The number of thioether (sulfide) groups is 1. The van der Waals surface area contributed by atoms with E-state index in [0.29, 0.717) is 41.4 Å². The number of hydrogen-bond donors (Lipinski definition) is 1. The van der Waals surface area contributed by atoms with Gasteiger partial charge in [0, 0.05) is 12.1 Å². The van der Waals surface area contributed by atoms with Crippen molar-refractivity contribution in [1.82, 2.24) is 24.9 Å². The minimum absolute atomic E-state index is 0.164. The summed E-state index contributed by atoms with van der Waals surface area (Å²) < 4.78 is 12.9. The summed E-state index contributed by atoms with van der Waals surface area (Å²) in [4.78, 5) is 17.0. The van der Waals surface area contributed by atoms with Gasteiger partial charge in [0.15, 0.2) is 5.16 Å². The highest BCUT2D eigenvalue weighted by atomic mass is 32.2. The molecule has 10 heteroatoms. The fraction of sp³-hybridized carbons (Fsp3) is 0.261. The Morgan fingerprint density at radius 3 is 2.79 bits per heavy atom. The SMILES string of the molecule is CCOc1ccccc1NC(=O)CSc1nnc(-c2nc(-c3cccc(C)c3)no2)n1CC. The first-order valence-corrected chi connectivity index (χ1v) is 11.6. The molecule has 33 heavy (non-hydrogen) atoms. The average molecular weight is 465 g/mol. The number of aromatic nitrogens is 5. The lowest BCUT2D eigenvalue weighted by Crippen LogP contribution is -2.15. The summed E-state index contributed by atoms with van der Waals surface area (Å²) in [5.74, 6) is 1.87. The molecule has 0 saturated carbocycles. The molecule has 170 valence electrons. The van der Waals surface area contributed by atoms with E-state index in [1.165, 1.54) is 11.8 Å². The van der Waals surface area contributed by atoms with Crippen LogP contribution in [-0.4, -0.2) is 43.2 Å². The van der Waals surface area contributed by atoms with Gasteiger partial charge in [-0.15, -0.1) is 10.2 Å². The van der Waals surface area contributed by atoms with Crippen LogP contribution in [0.3, 0.4) is 0 Å². The number of hydrogen-bond acceptors (Lipinski definition) is 8. The minimum atomic E-state index is -0.168. The molecule has 0 aliphatic rings. The Kier molecular flexibility index (Phi) is 7.04. The summed E-state index contributed by atoms with van der Waals surface area (Å²) in [7, 11) is 0. The Bertz CT molecular complexity index is 1250. The Hall–Kier alpha value is -3.66.